The van der Waals surface area contributed by atoms with Crippen LogP contribution in [0.15, 0.2) is 11.6 Å². The number of carbonyl (C=O) groups is 2. The number of ether oxygens (including phenoxy) is 2. The van der Waals surface area contributed by atoms with E-state index in [-0.39, 0.29) is 12.2 Å². The Kier molecular flexibility index (Phi) is 6.46. The van der Waals surface area contributed by atoms with Gasteiger partial charge in [-0.15, -0.1) is 0 Å². The number of carbonyl (C=O) groups excluding carboxylic acids is 2. The standard InChI is InChI=1S/C12H20O4/c1-6-10(12(14)16-9(4)5)7-11(13)15-8(2)3/h7-9H,6H2,1-5H3/b10-7-. The number of esters is 2. The second-order valence-electron chi connectivity index (χ2n) is 3.96. The number of rotatable bonds is 5. The van der Waals surface area contributed by atoms with Gasteiger partial charge in [-0.3, -0.25) is 0 Å². The molecular weight excluding hydrogens is 208 g/mol. The van der Waals surface area contributed by atoms with Crippen molar-refractivity contribution < 1.29 is 19.1 Å². The fourth-order valence-corrected chi connectivity index (χ4v) is 1.00. The first kappa shape index (κ1) is 14.7. The average Bonchev–Trinajstić information content (AvgIpc) is 2.11. The summed E-state index contributed by atoms with van der Waals surface area (Å²) in [4.78, 5) is 22.8. The molecule has 0 heterocycles. The maximum atomic E-state index is 11.5. The summed E-state index contributed by atoms with van der Waals surface area (Å²) in [6.45, 7) is 8.82. The Hall–Kier alpha value is -1.32. The topological polar surface area (TPSA) is 52.6 Å². The molecule has 0 aliphatic heterocycles. The predicted molar refractivity (Wildman–Crippen MR) is 60.8 cm³/mol. The molecule has 0 aliphatic carbocycles. The smallest absolute Gasteiger partial charge is 0.334 e. The van der Waals surface area contributed by atoms with Gasteiger partial charge in [0.15, 0.2) is 0 Å². The number of hydrogen-bond acceptors (Lipinski definition) is 4. The van der Waals surface area contributed by atoms with E-state index >= 15 is 0 Å². The van der Waals surface area contributed by atoms with E-state index in [1.54, 1.807) is 34.6 Å². The van der Waals surface area contributed by atoms with Crippen LogP contribution in [0.5, 0.6) is 0 Å². The third kappa shape index (κ3) is 6.22. The Balaban J connectivity index is 4.53. The summed E-state index contributed by atoms with van der Waals surface area (Å²) in [5.74, 6) is -0.967. The molecule has 0 rings (SSSR count). The lowest BCUT2D eigenvalue weighted by atomic mass is 10.2. The van der Waals surface area contributed by atoms with Crippen molar-refractivity contribution in [1.82, 2.24) is 0 Å². The minimum Gasteiger partial charge on any atom is -0.460 e. The van der Waals surface area contributed by atoms with Crippen LogP contribution < -0.4 is 0 Å². The fourth-order valence-electron chi connectivity index (χ4n) is 1.00. The van der Waals surface area contributed by atoms with Crippen molar-refractivity contribution in [2.45, 2.75) is 53.2 Å². The van der Waals surface area contributed by atoms with E-state index in [1.165, 1.54) is 6.08 Å². The lowest BCUT2D eigenvalue weighted by Gasteiger charge is -2.10. The minimum atomic E-state index is -0.507. The summed E-state index contributed by atoms with van der Waals surface area (Å²) in [6.07, 6.45) is 1.26. The zero-order valence-corrected chi connectivity index (χ0v) is 10.6. The molecule has 0 aromatic carbocycles. The van der Waals surface area contributed by atoms with E-state index in [1.807, 2.05) is 0 Å². The van der Waals surface area contributed by atoms with Crippen molar-refractivity contribution in [2.75, 3.05) is 0 Å². The van der Waals surface area contributed by atoms with Gasteiger partial charge in [0.05, 0.1) is 12.2 Å². The van der Waals surface area contributed by atoms with Crippen LogP contribution in [0.25, 0.3) is 0 Å². The van der Waals surface area contributed by atoms with Crippen LogP contribution in [-0.4, -0.2) is 24.1 Å². The molecule has 0 radical (unpaired) electrons. The van der Waals surface area contributed by atoms with Crippen molar-refractivity contribution in [2.24, 2.45) is 0 Å². The van der Waals surface area contributed by atoms with Gasteiger partial charge in [0.2, 0.25) is 0 Å². The van der Waals surface area contributed by atoms with Crippen LogP contribution in [-0.2, 0) is 19.1 Å². The summed E-state index contributed by atoms with van der Waals surface area (Å²) < 4.78 is 9.91. The molecule has 0 bridgehead atoms. The zero-order valence-electron chi connectivity index (χ0n) is 10.6. The molecular formula is C12H20O4. The van der Waals surface area contributed by atoms with Gasteiger partial charge in [-0.25, -0.2) is 9.59 Å². The molecule has 0 fully saturated rings. The third-order valence-corrected chi connectivity index (χ3v) is 1.63. The van der Waals surface area contributed by atoms with Gasteiger partial charge < -0.3 is 9.47 Å². The predicted octanol–water partition coefficient (Wildman–Crippen LogP) is 2.23. The molecule has 0 unspecified atom stereocenters. The van der Waals surface area contributed by atoms with Gasteiger partial charge in [-0.05, 0) is 34.1 Å². The Morgan fingerprint density at radius 3 is 1.94 bits per heavy atom. The third-order valence-electron chi connectivity index (χ3n) is 1.63. The molecule has 0 amide bonds. The first-order chi connectivity index (χ1) is 7.36. The molecule has 0 N–H and O–H groups in total. The highest BCUT2D eigenvalue weighted by Gasteiger charge is 2.13. The Bertz CT molecular complexity index is 277. The highest BCUT2D eigenvalue weighted by atomic mass is 16.5. The molecule has 0 saturated carbocycles. The van der Waals surface area contributed by atoms with Gasteiger partial charge in [0.25, 0.3) is 0 Å². The maximum Gasteiger partial charge on any atom is 0.334 e. The first-order valence-electron chi connectivity index (χ1n) is 5.49. The summed E-state index contributed by atoms with van der Waals surface area (Å²) in [6, 6.07) is 0. The van der Waals surface area contributed by atoms with Gasteiger partial charge in [0.1, 0.15) is 0 Å². The Morgan fingerprint density at radius 1 is 1.06 bits per heavy atom. The molecule has 4 nitrogen and oxygen atoms in total. The van der Waals surface area contributed by atoms with Gasteiger partial charge in [0, 0.05) is 11.6 Å². The van der Waals surface area contributed by atoms with Crippen LogP contribution in [0.4, 0.5) is 0 Å². The summed E-state index contributed by atoms with van der Waals surface area (Å²) in [5, 5.41) is 0. The molecule has 0 aliphatic rings. The SMILES string of the molecule is CC/C(=C/C(=O)OC(C)C)C(=O)OC(C)C. The Labute approximate surface area is 96.6 Å². The molecule has 0 spiro atoms. The first-order valence-corrected chi connectivity index (χ1v) is 5.49. The lowest BCUT2D eigenvalue weighted by molar-refractivity contribution is -0.145. The summed E-state index contributed by atoms with van der Waals surface area (Å²) >= 11 is 0. The molecule has 0 aromatic heterocycles. The van der Waals surface area contributed by atoms with Crippen molar-refractivity contribution in [1.29, 1.82) is 0 Å². The monoisotopic (exact) mass is 228 g/mol. The van der Waals surface area contributed by atoms with E-state index in [4.69, 9.17) is 9.47 Å². The second kappa shape index (κ2) is 7.04. The van der Waals surface area contributed by atoms with Crippen molar-refractivity contribution in [3.8, 4) is 0 Å². The quantitative estimate of drug-likeness (QED) is 0.535. The zero-order chi connectivity index (χ0) is 12.7. The molecule has 0 aromatic rings. The molecule has 0 atom stereocenters. The molecule has 92 valence electrons. The molecule has 16 heavy (non-hydrogen) atoms. The summed E-state index contributed by atoms with van der Waals surface area (Å²) in [5.41, 5.74) is 0.333. The van der Waals surface area contributed by atoms with Crippen LogP contribution in [0, 0.1) is 0 Å². The Morgan fingerprint density at radius 2 is 1.56 bits per heavy atom. The maximum absolute atomic E-state index is 11.5. The highest BCUT2D eigenvalue weighted by Crippen LogP contribution is 2.06. The highest BCUT2D eigenvalue weighted by molar-refractivity contribution is 5.96. The van der Waals surface area contributed by atoms with Crippen LogP contribution in [0.2, 0.25) is 0 Å². The largest absolute Gasteiger partial charge is 0.460 e. The average molecular weight is 228 g/mol. The van der Waals surface area contributed by atoms with E-state index in [9.17, 15) is 9.59 Å². The van der Waals surface area contributed by atoms with E-state index < -0.39 is 11.9 Å². The number of hydrogen-bond donors (Lipinski definition) is 0. The second-order valence-corrected chi connectivity index (χ2v) is 3.96. The van der Waals surface area contributed by atoms with Gasteiger partial charge in [-0.2, -0.15) is 0 Å². The normalized spacial score (nSPS) is 11.8. The van der Waals surface area contributed by atoms with E-state index in [0.717, 1.165) is 0 Å². The van der Waals surface area contributed by atoms with Crippen LogP contribution in [0.3, 0.4) is 0 Å². The van der Waals surface area contributed by atoms with E-state index in [0.29, 0.717) is 12.0 Å². The fraction of sp³-hybridized carbons (Fsp3) is 0.667. The molecule has 4 heteroatoms. The van der Waals surface area contributed by atoms with Crippen LogP contribution in [0.1, 0.15) is 41.0 Å². The van der Waals surface area contributed by atoms with Crippen LogP contribution >= 0.6 is 0 Å². The summed E-state index contributed by atoms with van der Waals surface area (Å²) in [7, 11) is 0. The molecule has 0 saturated heterocycles. The van der Waals surface area contributed by atoms with Gasteiger partial charge in [-0.1, -0.05) is 6.92 Å². The van der Waals surface area contributed by atoms with E-state index in [2.05, 4.69) is 0 Å². The van der Waals surface area contributed by atoms with Gasteiger partial charge >= 0.3 is 11.9 Å². The van der Waals surface area contributed by atoms with Crippen molar-refractivity contribution in [3.63, 3.8) is 0 Å². The lowest BCUT2D eigenvalue weighted by Crippen LogP contribution is -2.16. The van der Waals surface area contributed by atoms with Crippen molar-refractivity contribution in [3.05, 3.63) is 11.6 Å². The van der Waals surface area contributed by atoms with Crippen molar-refractivity contribution >= 4 is 11.9 Å². The minimum absolute atomic E-state index is 0.191.